The smallest absolute Gasteiger partial charge is 0.301 e. The van der Waals surface area contributed by atoms with Gasteiger partial charge in [-0.25, -0.2) is 4.98 Å². The third kappa shape index (κ3) is 4.97. The van der Waals surface area contributed by atoms with Crippen molar-refractivity contribution in [3.8, 4) is 5.75 Å². The maximum atomic E-state index is 13.7. The molecule has 0 spiro atoms. The Morgan fingerprint density at radius 2 is 1.64 bits per heavy atom. The minimum Gasteiger partial charge on any atom is -0.507 e. The highest BCUT2D eigenvalue weighted by Crippen LogP contribution is 2.45. The predicted octanol–water partition coefficient (Wildman–Crippen LogP) is 7.74. The molecule has 0 bridgehead atoms. The Kier molecular flexibility index (Phi) is 7.12. The topological polar surface area (TPSA) is 79.7 Å². The molecule has 1 atom stereocenters. The van der Waals surface area contributed by atoms with Gasteiger partial charge in [-0.1, -0.05) is 71.5 Å². The van der Waals surface area contributed by atoms with Crippen LogP contribution in [0.5, 0.6) is 5.75 Å². The summed E-state index contributed by atoms with van der Waals surface area (Å²) in [4.78, 5) is 33.5. The number of aliphatic hydroxyl groups excluding tert-OH is 1. The van der Waals surface area contributed by atoms with Gasteiger partial charge < -0.3 is 9.84 Å². The first kappa shape index (κ1) is 27.4. The highest BCUT2D eigenvalue weighted by molar-refractivity contribution is 7.22. The molecule has 42 heavy (non-hydrogen) atoms. The Balaban J connectivity index is 1.43. The van der Waals surface area contributed by atoms with Crippen LogP contribution in [0.4, 0.5) is 5.13 Å². The molecule has 1 N–H and O–H groups in total. The first-order valence-electron chi connectivity index (χ1n) is 13.7. The van der Waals surface area contributed by atoms with Crippen LogP contribution in [0.3, 0.4) is 0 Å². The molecule has 1 aliphatic heterocycles. The summed E-state index contributed by atoms with van der Waals surface area (Å²) in [5, 5.41) is 12.1. The molecule has 1 aliphatic rings. The number of thiazole rings is 1. The van der Waals surface area contributed by atoms with Gasteiger partial charge in [-0.15, -0.1) is 0 Å². The standard InChI is InChI=1S/C35H30N2O4S/c1-20-9-8-12-25(15-20)31-30(32(38)26-13-14-28(23(4)16-26)41-19-24-10-6-5-7-11-24)33(39)34(40)37(31)35-36-27-17-21(2)22(3)18-29(27)42-35/h5-18,31,38H,19H2,1-4H3/b32-30+. The van der Waals surface area contributed by atoms with Crippen molar-refractivity contribution in [2.45, 2.75) is 40.3 Å². The number of aromatic nitrogens is 1. The van der Waals surface area contributed by atoms with Gasteiger partial charge in [0.1, 0.15) is 18.1 Å². The predicted molar refractivity (Wildman–Crippen MR) is 167 cm³/mol. The van der Waals surface area contributed by atoms with Crippen LogP contribution in [0.2, 0.25) is 0 Å². The number of nitrogens with zero attached hydrogens (tertiary/aromatic N) is 2. The number of amides is 1. The summed E-state index contributed by atoms with van der Waals surface area (Å²) >= 11 is 1.36. The van der Waals surface area contributed by atoms with Crippen LogP contribution in [-0.4, -0.2) is 21.8 Å². The lowest BCUT2D eigenvalue weighted by atomic mass is 9.94. The molecule has 210 valence electrons. The zero-order valence-electron chi connectivity index (χ0n) is 23.8. The number of carbonyl (C=O) groups is 2. The zero-order chi connectivity index (χ0) is 29.5. The normalized spacial score (nSPS) is 16.4. The number of ether oxygens (including phenoxy) is 1. The van der Waals surface area contributed by atoms with Gasteiger partial charge in [0.15, 0.2) is 5.13 Å². The van der Waals surface area contributed by atoms with Crippen LogP contribution < -0.4 is 9.64 Å². The molecule has 0 radical (unpaired) electrons. The second kappa shape index (κ2) is 10.9. The molecule has 1 aromatic heterocycles. The summed E-state index contributed by atoms with van der Waals surface area (Å²) in [6.45, 7) is 8.31. The summed E-state index contributed by atoms with van der Waals surface area (Å²) in [6.07, 6.45) is 0. The van der Waals surface area contributed by atoms with E-state index in [1.54, 1.807) is 18.2 Å². The van der Waals surface area contributed by atoms with E-state index in [1.807, 2.05) is 94.4 Å². The maximum absolute atomic E-state index is 13.7. The molecule has 5 aromatic rings. The average molecular weight is 575 g/mol. The van der Waals surface area contributed by atoms with E-state index < -0.39 is 17.7 Å². The fourth-order valence-electron chi connectivity index (χ4n) is 5.31. The quantitative estimate of drug-likeness (QED) is 0.128. The van der Waals surface area contributed by atoms with E-state index in [0.29, 0.717) is 23.1 Å². The number of carbonyl (C=O) groups excluding carboxylic acids is 2. The van der Waals surface area contributed by atoms with Crippen molar-refractivity contribution >= 4 is 44.1 Å². The van der Waals surface area contributed by atoms with Crippen molar-refractivity contribution in [1.29, 1.82) is 0 Å². The first-order chi connectivity index (χ1) is 20.2. The number of ketones is 1. The zero-order valence-corrected chi connectivity index (χ0v) is 24.7. The summed E-state index contributed by atoms with van der Waals surface area (Å²) in [6, 6.07) is 26.0. The molecule has 6 rings (SSSR count). The minimum atomic E-state index is -0.832. The second-order valence-corrected chi connectivity index (χ2v) is 11.7. The maximum Gasteiger partial charge on any atom is 0.301 e. The van der Waals surface area contributed by atoms with E-state index in [1.165, 1.54) is 16.2 Å². The van der Waals surface area contributed by atoms with Crippen LogP contribution in [0.25, 0.3) is 16.0 Å². The summed E-state index contributed by atoms with van der Waals surface area (Å²) in [5.41, 5.74) is 7.01. The number of hydrogen-bond acceptors (Lipinski definition) is 6. The number of fused-ring (bicyclic) bond motifs is 1. The van der Waals surface area contributed by atoms with E-state index >= 15 is 0 Å². The number of rotatable bonds is 6. The van der Waals surface area contributed by atoms with Gasteiger partial charge in [-0.05, 0) is 85.8 Å². The Morgan fingerprint density at radius 3 is 2.38 bits per heavy atom. The Hall–Kier alpha value is -4.75. The monoisotopic (exact) mass is 574 g/mol. The van der Waals surface area contributed by atoms with Crippen LogP contribution >= 0.6 is 11.3 Å². The van der Waals surface area contributed by atoms with E-state index in [2.05, 4.69) is 0 Å². The van der Waals surface area contributed by atoms with Crippen molar-refractivity contribution in [3.63, 3.8) is 0 Å². The molecule has 0 aliphatic carbocycles. The number of anilines is 1. The third-order valence-corrected chi connectivity index (χ3v) is 8.70. The van der Waals surface area contributed by atoms with Gasteiger partial charge in [0, 0.05) is 5.56 Å². The molecular formula is C35H30N2O4S. The van der Waals surface area contributed by atoms with E-state index in [0.717, 1.165) is 43.6 Å². The van der Waals surface area contributed by atoms with Crippen LogP contribution in [0, 0.1) is 27.7 Å². The largest absolute Gasteiger partial charge is 0.507 e. The SMILES string of the molecule is Cc1cccc(C2/C(=C(\O)c3ccc(OCc4ccccc4)c(C)c3)C(=O)C(=O)N2c2nc3cc(C)c(C)cc3s2)c1. The molecule has 1 saturated heterocycles. The molecule has 4 aromatic carbocycles. The molecule has 2 heterocycles. The van der Waals surface area contributed by atoms with Crippen LogP contribution in [-0.2, 0) is 16.2 Å². The van der Waals surface area contributed by atoms with Crippen molar-refractivity contribution in [3.05, 3.63) is 129 Å². The van der Waals surface area contributed by atoms with Crippen molar-refractivity contribution in [1.82, 2.24) is 4.98 Å². The number of benzene rings is 4. The number of Topliss-reactive ketones (excluding diaryl/α,β-unsaturated/α-hetero) is 1. The number of hydrogen-bond donors (Lipinski definition) is 1. The molecule has 1 amide bonds. The molecular weight excluding hydrogens is 544 g/mol. The lowest BCUT2D eigenvalue weighted by Crippen LogP contribution is -2.29. The lowest BCUT2D eigenvalue weighted by Gasteiger charge is -2.23. The average Bonchev–Trinajstić information content (AvgIpc) is 3.49. The highest BCUT2D eigenvalue weighted by atomic mass is 32.1. The Morgan fingerprint density at radius 1 is 0.881 bits per heavy atom. The van der Waals surface area contributed by atoms with Gasteiger partial charge in [0.05, 0.1) is 21.8 Å². The van der Waals surface area contributed by atoms with E-state index in [9.17, 15) is 14.7 Å². The summed E-state index contributed by atoms with van der Waals surface area (Å²) < 4.78 is 6.94. The van der Waals surface area contributed by atoms with Gasteiger partial charge in [0.2, 0.25) is 0 Å². The van der Waals surface area contributed by atoms with Crippen molar-refractivity contribution < 1.29 is 19.4 Å². The highest BCUT2D eigenvalue weighted by Gasteiger charge is 2.48. The molecule has 0 saturated carbocycles. The first-order valence-corrected chi connectivity index (χ1v) is 14.6. The Labute approximate surface area is 248 Å². The van der Waals surface area contributed by atoms with Crippen molar-refractivity contribution in [2.24, 2.45) is 0 Å². The van der Waals surface area contributed by atoms with Gasteiger partial charge in [-0.2, -0.15) is 0 Å². The van der Waals surface area contributed by atoms with Crippen molar-refractivity contribution in [2.75, 3.05) is 4.90 Å². The van der Waals surface area contributed by atoms with E-state index in [4.69, 9.17) is 9.72 Å². The molecule has 7 heteroatoms. The molecule has 1 unspecified atom stereocenters. The second-order valence-electron chi connectivity index (χ2n) is 10.7. The van der Waals surface area contributed by atoms with E-state index in [-0.39, 0.29) is 11.3 Å². The van der Waals surface area contributed by atoms with Gasteiger partial charge >= 0.3 is 5.91 Å². The fraction of sp³-hybridized carbons (Fsp3) is 0.171. The summed E-state index contributed by atoms with van der Waals surface area (Å²) in [7, 11) is 0. The van der Waals surface area contributed by atoms with Gasteiger partial charge in [0.25, 0.3) is 5.78 Å². The summed E-state index contributed by atoms with van der Waals surface area (Å²) in [5.74, 6) is -1.01. The van der Waals surface area contributed by atoms with Crippen LogP contribution in [0.15, 0.2) is 90.5 Å². The number of aliphatic hydroxyl groups is 1. The fourth-order valence-corrected chi connectivity index (χ4v) is 6.38. The molecule has 1 fully saturated rings. The molecule has 6 nitrogen and oxygen atoms in total. The minimum absolute atomic E-state index is 0.0366. The third-order valence-electron chi connectivity index (χ3n) is 7.69. The van der Waals surface area contributed by atoms with Crippen LogP contribution in [0.1, 0.15) is 45.0 Å². The van der Waals surface area contributed by atoms with Gasteiger partial charge in [-0.3, -0.25) is 14.5 Å². The Bertz CT molecular complexity index is 1850. The number of aryl methyl sites for hydroxylation is 4. The lowest BCUT2D eigenvalue weighted by molar-refractivity contribution is -0.132.